The van der Waals surface area contributed by atoms with E-state index in [-0.39, 0.29) is 12.4 Å². The van der Waals surface area contributed by atoms with Crippen molar-refractivity contribution in [2.45, 2.75) is 25.6 Å². The molecule has 0 saturated heterocycles. The van der Waals surface area contributed by atoms with E-state index in [1.165, 1.54) is 0 Å². The van der Waals surface area contributed by atoms with Crippen molar-refractivity contribution < 1.29 is 23.2 Å². The van der Waals surface area contributed by atoms with Gasteiger partial charge in [-0.25, -0.2) is 0 Å². The number of rotatable bonds is 5. The average Bonchev–Trinajstić information content (AvgIpc) is 2.41. The monoisotopic (exact) mass is 289 g/mol. The summed E-state index contributed by atoms with van der Waals surface area (Å²) in [5.74, 6) is -0.714. The lowest BCUT2D eigenvalue weighted by atomic mass is 10.1. The molecule has 0 aliphatic carbocycles. The van der Waals surface area contributed by atoms with Gasteiger partial charge in [0, 0.05) is 18.5 Å². The molecule has 110 valence electrons. The predicted molar refractivity (Wildman–Crippen MR) is 66.1 cm³/mol. The van der Waals surface area contributed by atoms with Crippen molar-refractivity contribution in [3.05, 3.63) is 35.4 Å². The molecule has 1 aromatic carbocycles. The molecule has 0 radical (unpaired) electrons. The topological polar surface area (TPSA) is 87.7 Å². The van der Waals surface area contributed by atoms with Crippen LogP contribution in [0.1, 0.15) is 24.0 Å². The number of amidine groups is 1. The minimum absolute atomic E-state index is 0.0502. The van der Waals surface area contributed by atoms with Gasteiger partial charge in [0.1, 0.15) is 0 Å². The number of carbonyl (C=O) groups is 1. The molecule has 0 bridgehead atoms. The number of nitrogens with two attached hydrogens (primary N) is 1. The zero-order chi connectivity index (χ0) is 15.2. The number of nitrogens with one attached hydrogen (secondary N) is 1. The highest BCUT2D eigenvalue weighted by molar-refractivity contribution is 5.96. The van der Waals surface area contributed by atoms with E-state index in [0.717, 1.165) is 0 Å². The molecule has 0 aliphatic heterocycles. The van der Waals surface area contributed by atoms with Crippen molar-refractivity contribution in [2.75, 3.05) is 0 Å². The summed E-state index contributed by atoms with van der Waals surface area (Å²) in [5, 5.41) is 13.7. The fourth-order valence-electron chi connectivity index (χ4n) is 1.40. The number of amides is 1. The lowest BCUT2D eigenvalue weighted by molar-refractivity contribution is -0.144. The summed E-state index contributed by atoms with van der Waals surface area (Å²) >= 11 is 0. The lowest BCUT2D eigenvalue weighted by Crippen LogP contribution is -2.24. The Kier molecular flexibility index (Phi) is 5.36. The second-order valence-electron chi connectivity index (χ2n) is 4.07. The Hall–Kier alpha value is -2.25. The summed E-state index contributed by atoms with van der Waals surface area (Å²) in [5.41, 5.74) is 6.56. The van der Waals surface area contributed by atoms with Gasteiger partial charge in [0.15, 0.2) is 5.84 Å². The molecule has 0 spiro atoms. The summed E-state index contributed by atoms with van der Waals surface area (Å²) in [7, 11) is 0. The number of benzene rings is 1. The Morgan fingerprint density at radius 3 is 2.40 bits per heavy atom. The Bertz CT molecular complexity index is 484. The first-order valence-electron chi connectivity index (χ1n) is 5.72. The molecule has 4 N–H and O–H groups in total. The highest BCUT2D eigenvalue weighted by Crippen LogP contribution is 2.21. The summed E-state index contributed by atoms with van der Waals surface area (Å²) in [6.45, 7) is 0.118. The fourth-order valence-corrected chi connectivity index (χ4v) is 1.40. The van der Waals surface area contributed by atoms with Gasteiger partial charge in [-0.05, 0) is 5.56 Å². The first kappa shape index (κ1) is 15.8. The molecule has 0 atom stereocenters. The molecular weight excluding hydrogens is 275 g/mol. The standard InChI is InChI=1S/C12H14F3N3O2/c13-12(14,15)6-5-10(19)17-7-8-1-3-9(4-2-8)11(16)18-20/h1-4,20H,5-7H2,(H2,16,18)(H,17,19). The Morgan fingerprint density at radius 1 is 1.30 bits per heavy atom. The van der Waals surface area contributed by atoms with E-state index in [9.17, 15) is 18.0 Å². The van der Waals surface area contributed by atoms with Crippen molar-refractivity contribution in [3.8, 4) is 0 Å². The van der Waals surface area contributed by atoms with Crippen LogP contribution in [0.15, 0.2) is 29.4 Å². The maximum absolute atomic E-state index is 11.9. The van der Waals surface area contributed by atoms with Gasteiger partial charge in [-0.3, -0.25) is 4.79 Å². The van der Waals surface area contributed by atoms with Crippen LogP contribution in [-0.2, 0) is 11.3 Å². The molecule has 0 saturated carbocycles. The zero-order valence-electron chi connectivity index (χ0n) is 10.4. The second-order valence-corrected chi connectivity index (χ2v) is 4.07. The summed E-state index contributed by atoms with van der Waals surface area (Å²) < 4.78 is 35.7. The van der Waals surface area contributed by atoms with Crippen LogP contribution in [0.3, 0.4) is 0 Å². The van der Waals surface area contributed by atoms with E-state index in [2.05, 4.69) is 10.5 Å². The van der Waals surface area contributed by atoms with Crippen LogP contribution < -0.4 is 11.1 Å². The van der Waals surface area contributed by atoms with E-state index in [4.69, 9.17) is 10.9 Å². The highest BCUT2D eigenvalue weighted by atomic mass is 19.4. The van der Waals surface area contributed by atoms with Crippen LogP contribution in [0.5, 0.6) is 0 Å². The van der Waals surface area contributed by atoms with Crippen molar-refractivity contribution in [2.24, 2.45) is 10.9 Å². The maximum atomic E-state index is 11.9. The van der Waals surface area contributed by atoms with Crippen LogP contribution >= 0.6 is 0 Å². The van der Waals surface area contributed by atoms with Crippen molar-refractivity contribution in [1.82, 2.24) is 5.32 Å². The van der Waals surface area contributed by atoms with Crippen LogP contribution in [0.2, 0.25) is 0 Å². The van der Waals surface area contributed by atoms with Crippen LogP contribution in [0.25, 0.3) is 0 Å². The molecular formula is C12H14F3N3O2. The quantitative estimate of drug-likeness (QED) is 0.334. The van der Waals surface area contributed by atoms with E-state index >= 15 is 0 Å². The molecule has 0 unspecified atom stereocenters. The molecule has 5 nitrogen and oxygen atoms in total. The molecule has 1 amide bonds. The van der Waals surface area contributed by atoms with E-state index in [1.807, 2.05) is 0 Å². The fraction of sp³-hybridized carbons (Fsp3) is 0.333. The summed E-state index contributed by atoms with van der Waals surface area (Å²) in [6.07, 6.45) is -6.06. The third kappa shape index (κ3) is 5.59. The summed E-state index contributed by atoms with van der Waals surface area (Å²) in [4.78, 5) is 11.2. The Balaban J connectivity index is 2.44. The third-order valence-electron chi connectivity index (χ3n) is 2.48. The minimum Gasteiger partial charge on any atom is -0.409 e. The number of hydrogen-bond acceptors (Lipinski definition) is 3. The molecule has 8 heteroatoms. The predicted octanol–water partition coefficient (Wildman–Crippen LogP) is 1.74. The molecule has 0 fully saturated rings. The highest BCUT2D eigenvalue weighted by Gasteiger charge is 2.27. The lowest BCUT2D eigenvalue weighted by Gasteiger charge is -2.08. The van der Waals surface area contributed by atoms with Gasteiger partial charge < -0.3 is 16.3 Å². The van der Waals surface area contributed by atoms with Crippen molar-refractivity contribution in [3.63, 3.8) is 0 Å². The van der Waals surface area contributed by atoms with Gasteiger partial charge in [-0.2, -0.15) is 13.2 Å². The van der Waals surface area contributed by atoms with Gasteiger partial charge in [-0.15, -0.1) is 0 Å². The molecule has 0 aromatic heterocycles. The van der Waals surface area contributed by atoms with E-state index < -0.39 is 24.9 Å². The van der Waals surface area contributed by atoms with E-state index in [0.29, 0.717) is 11.1 Å². The molecule has 1 aromatic rings. The second kappa shape index (κ2) is 6.78. The number of carbonyl (C=O) groups excluding carboxylic acids is 1. The SMILES string of the molecule is NC(=NO)c1ccc(CNC(=O)CCC(F)(F)F)cc1. The first-order chi connectivity index (χ1) is 9.31. The van der Waals surface area contributed by atoms with Crippen molar-refractivity contribution >= 4 is 11.7 Å². The molecule has 1 rings (SSSR count). The maximum Gasteiger partial charge on any atom is 0.389 e. The number of alkyl halides is 3. The molecule has 0 heterocycles. The van der Waals surface area contributed by atoms with Crippen molar-refractivity contribution in [1.29, 1.82) is 0 Å². The first-order valence-corrected chi connectivity index (χ1v) is 5.72. The average molecular weight is 289 g/mol. The number of hydrogen-bond donors (Lipinski definition) is 3. The van der Waals surface area contributed by atoms with Crippen LogP contribution in [0, 0.1) is 0 Å². The largest absolute Gasteiger partial charge is 0.409 e. The van der Waals surface area contributed by atoms with Gasteiger partial charge in [-0.1, -0.05) is 29.4 Å². The van der Waals surface area contributed by atoms with Gasteiger partial charge in [0.25, 0.3) is 0 Å². The van der Waals surface area contributed by atoms with Gasteiger partial charge in [0.05, 0.1) is 6.42 Å². The van der Waals surface area contributed by atoms with Gasteiger partial charge in [0.2, 0.25) is 5.91 Å². The van der Waals surface area contributed by atoms with Crippen LogP contribution in [0.4, 0.5) is 13.2 Å². The van der Waals surface area contributed by atoms with Gasteiger partial charge >= 0.3 is 6.18 Å². The van der Waals surface area contributed by atoms with E-state index in [1.54, 1.807) is 24.3 Å². The molecule has 20 heavy (non-hydrogen) atoms. The smallest absolute Gasteiger partial charge is 0.389 e. The third-order valence-corrected chi connectivity index (χ3v) is 2.48. The summed E-state index contributed by atoms with van der Waals surface area (Å²) in [6, 6.07) is 6.40. The van der Waals surface area contributed by atoms with Crippen LogP contribution in [-0.4, -0.2) is 23.1 Å². The normalized spacial score (nSPS) is 12.2. The Morgan fingerprint density at radius 2 is 1.90 bits per heavy atom. The number of oxime groups is 1. The number of nitrogens with zero attached hydrogens (tertiary/aromatic N) is 1. The minimum atomic E-state index is -4.33. The zero-order valence-corrected chi connectivity index (χ0v) is 10.4. The molecule has 0 aliphatic rings. The Labute approximate surface area is 113 Å². The number of halogens is 3.